The van der Waals surface area contributed by atoms with Crippen molar-refractivity contribution in [3.63, 3.8) is 0 Å². The SMILES string of the molecule is CO[C@H]1[C@H](O)[C@@H](O)[C@H](O[C@H]2[C@H](O)[C@@H](NS(=O)(=O)O)[C@@H](O[C@H]3[C@H](O)[C@@H](O)[C@H](O)O[C@@H]3C(=O)O)O[C@@H]2COS(=O)(=O)O)O[C@@H]1C(=O)O. The molecule has 3 saturated heterocycles. The first-order chi connectivity index (χ1) is 20.7. The molecule has 0 aliphatic carbocycles. The van der Waals surface area contributed by atoms with E-state index in [1.165, 1.54) is 4.72 Å². The lowest BCUT2D eigenvalue weighted by Gasteiger charge is -2.48. The quantitative estimate of drug-likeness (QED) is 0.0840. The van der Waals surface area contributed by atoms with Crippen LogP contribution in [-0.2, 0) is 62.9 Å². The van der Waals surface area contributed by atoms with Crippen LogP contribution in [0.15, 0.2) is 0 Å². The first kappa shape index (κ1) is 37.7. The van der Waals surface area contributed by atoms with Crippen LogP contribution in [0.2, 0.25) is 0 Å². The molecule has 0 saturated carbocycles. The third-order valence-electron chi connectivity index (χ3n) is 6.79. The topological polar surface area (TPSA) is 381 Å². The molecule has 0 unspecified atom stereocenters. The maximum Gasteiger partial charge on any atom is 0.397 e. The number of hydrogen-bond acceptors (Lipinski definition) is 19. The first-order valence-corrected chi connectivity index (χ1v) is 15.2. The highest BCUT2D eigenvalue weighted by atomic mass is 32.3. The molecule has 0 bridgehead atoms. The average molecular weight is 706 g/mol. The highest BCUT2D eigenvalue weighted by molar-refractivity contribution is 7.83. The molecule has 11 N–H and O–H groups in total. The van der Waals surface area contributed by atoms with Crippen LogP contribution in [0.5, 0.6) is 0 Å². The van der Waals surface area contributed by atoms with Gasteiger partial charge in [-0.25, -0.2) is 13.8 Å². The molecule has 0 amide bonds. The van der Waals surface area contributed by atoms with Crippen molar-refractivity contribution >= 4 is 32.6 Å². The smallest absolute Gasteiger partial charge is 0.397 e. The molecule has 0 aromatic carbocycles. The van der Waals surface area contributed by atoms with E-state index in [-0.39, 0.29) is 0 Å². The van der Waals surface area contributed by atoms with Crippen LogP contribution in [0.4, 0.5) is 0 Å². The van der Waals surface area contributed by atoms with E-state index in [1.54, 1.807) is 0 Å². The zero-order chi connectivity index (χ0) is 34.2. The molecular weight excluding hydrogens is 674 g/mol. The fourth-order valence-corrected chi connectivity index (χ4v) is 5.61. The fourth-order valence-electron chi connectivity index (χ4n) is 4.71. The van der Waals surface area contributed by atoms with Crippen molar-refractivity contribution < 1.29 is 109 Å². The summed E-state index contributed by atoms with van der Waals surface area (Å²) < 4.78 is 101. The molecule has 0 aromatic heterocycles. The van der Waals surface area contributed by atoms with Gasteiger partial charge in [-0.05, 0) is 0 Å². The Morgan fingerprint density at radius 3 is 1.76 bits per heavy atom. The van der Waals surface area contributed by atoms with Crippen LogP contribution in [0.25, 0.3) is 0 Å². The second-order valence-electron chi connectivity index (χ2n) is 9.78. The number of carboxylic acids is 2. The third kappa shape index (κ3) is 8.97. The lowest BCUT2D eigenvalue weighted by molar-refractivity contribution is -0.359. The van der Waals surface area contributed by atoms with Gasteiger partial charge < -0.3 is 69.3 Å². The van der Waals surface area contributed by atoms with Crippen molar-refractivity contribution in [1.82, 2.24) is 4.72 Å². The number of carboxylic acid groups (broad SMARTS) is 2. The third-order valence-corrected chi connectivity index (χ3v) is 7.79. The molecule has 3 fully saturated rings. The Bertz CT molecular complexity index is 1260. The van der Waals surface area contributed by atoms with Gasteiger partial charge in [-0.15, -0.1) is 0 Å². The van der Waals surface area contributed by atoms with Gasteiger partial charge >= 0.3 is 32.6 Å². The fraction of sp³-hybridized carbons (Fsp3) is 0.895. The van der Waals surface area contributed by atoms with Crippen molar-refractivity contribution in [3.05, 3.63) is 0 Å². The van der Waals surface area contributed by atoms with Crippen LogP contribution in [0, 0.1) is 0 Å². The zero-order valence-electron chi connectivity index (χ0n) is 22.5. The van der Waals surface area contributed by atoms with Crippen LogP contribution < -0.4 is 4.72 Å². The van der Waals surface area contributed by atoms with Gasteiger partial charge in [0.15, 0.2) is 31.1 Å². The van der Waals surface area contributed by atoms with Gasteiger partial charge in [-0.3, -0.25) is 9.11 Å². The Balaban J connectivity index is 2.01. The lowest BCUT2D eigenvalue weighted by atomic mass is 9.95. The van der Waals surface area contributed by atoms with E-state index < -0.39 is 131 Å². The number of hydrogen-bond donors (Lipinski definition) is 11. The Labute approximate surface area is 252 Å². The number of aliphatic hydroxyl groups excluding tert-OH is 6. The van der Waals surface area contributed by atoms with E-state index in [1.807, 2.05) is 0 Å². The highest BCUT2D eigenvalue weighted by Crippen LogP contribution is 2.33. The number of carbonyl (C=O) groups is 2. The first-order valence-electron chi connectivity index (χ1n) is 12.4. The Morgan fingerprint density at radius 2 is 1.24 bits per heavy atom. The molecule has 3 aliphatic heterocycles. The number of ether oxygens (including phenoxy) is 6. The van der Waals surface area contributed by atoms with E-state index in [9.17, 15) is 71.8 Å². The zero-order valence-corrected chi connectivity index (χ0v) is 24.1. The minimum absolute atomic E-state index is 0.969. The molecule has 0 spiro atoms. The van der Waals surface area contributed by atoms with Crippen molar-refractivity contribution in [2.45, 2.75) is 92.1 Å². The molecule has 3 heterocycles. The number of aliphatic carboxylic acids is 2. The Kier molecular flexibility index (Phi) is 12.2. The van der Waals surface area contributed by atoms with Gasteiger partial charge in [0.05, 0.1) is 6.61 Å². The molecule has 0 aromatic rings. The van der Waals surface area contributed by atoms with E-state index in [2.05, 4.69) is 8.92 Å². The van der Waals surface area contributed by atoms with E-state index >= 15 is 0 Å². The molecule has 45 heavy (non-hydrogen) atoms. The number of methoxy groups -OCH3 is 1. The van der Waals surface area contributed by atoms with Crippen molar-refractivity contribution in [2.75, 3.05) is 13.7 Å². The second-order valence-corrected chi connectivity index (χ2v) is 12.1. The summed E-state index contributed by atoms with van der Waals surface area (Å²) in [6.07, 6.45) is -30.6. The van der Waals surface area contributed by atoms with E-state index in [0.29, 0.717) is 0 Å². The summed E-state index contributed by atoms with van der Waals surface area (Å²) in [5.41, 5.74) is 0. The van der Waals surface area contributed by atoms with Crippen molar-refractivity contribution in [1.29, 1.82) is 0 Å². The summed E-state index contributed by atoms with van der Waals surface area (Å²) in [4.78, 5) is 23.4. The van der Waals surface area contributed by atoms with Gasteiger partial charge in [0.1, 0.15) is 61.0 Å². The normalized spacial score (nSPS) is 43.1. The maximum absolute atomic E-state index is 11.8. The average Bonchev–Trinajstić information content (AvgIpc) is 2.92. The highest BCUT2D eigenvalue weighted by Gasteiger charge is 2.56. The van der Waals surface area contributed by atoms with Crippen LogP contribution in [-0.4, -0.2) is 185 Å². The largest absolute Gasteiger partial charge is 0.479 e. The van der Waals surface area contributed by atoms with Gasteiger partial charge in [-0.1, -0.05) is 0 Å². The minimum Gasteiger partial charge on any atom is -0.479 e. The number of nitrogens with one attached hydrogen (secondary N) is 1. The van der Waals surface area contributed by atoms with Crippen LogP contribution in [0.1, 0.15) is 0 Å². The molecule has 24 nitrogen and oxygen atoms in total. The molecule has 3 rings (SSSR count). The monoisotopic (exact) mass is 705 g/mol. The van der Waals surface area contributed by atoms with Gasteiger partial charge in [0, 0.05) is 7.11 Å². The van der Waals surface area contributed by atoms with E-state index in [4.69, 9.17) is 28.2 Å². The van der Waals surface area contributed by atoms with Gasteiger partial charge in [0.25, 0.3) is 0 Å². The van der Waals surface area contributed by atoms with Crippen molar-refractivity contribution in [2.24, 2.45) is 0 Å². The predicted molar refractivity (Wildman–Crippen MR) is 130 cm³/mol. The molecule has 15 atom stereocenters. The number of rotatable bonds is 12. The second kappa shape index (κ2) is 14.5. The predicted octanol–water partition coefficient (Wildman–Crippen LogP) is -7.51. The summed E-state index contributed by atoms with van der Waals surface area (Å²) >= 11 is 0. The summed E-state index contributed by atoms with van der Waals surface area (Å²) in [6.45, 7) is -1.35. The van der Waals surface area contributed by atoms with E-state index in [0.717, 1.165) is 7.11 Å². The summed E-state index contributed by atoms with van der Waals surface area (Å²) in [7, 11) is -9.69. The van der Waals surface area contributed by atoms with Gasteiger partial charge in [-0.2, -0.15) is 21.6 Å². The maximum atomic E-state index is 11.8. The summed E-state index contributed by atoms with van der Waals surface area (Å²) in [5, 5.41) is 81.0. The summed E-state index contributed by atoms with van der Waals surface area (Å²) in [6, 6.07) is -2.33. The van der Waals surface area contributed by atoms with Crippen LogP contribution >= 0.6 is 0 Å². The standard InChI is InChI=1S/C19H31NO23S2/c1-37-11-7(23)9(25)19(43-13(11)15(26)27)41-10-3(2-38-45(34,35)36)39-18(4(5(10)21)20-44(31,32)33)42-12-6(22)8(24)17(30)40-14(12)16(28)29/h3-14,17-25,30H,2H2,1H3,(H,26,27)(H,28,29)(H,31,32,33)(H,34,35,36)/t3-,4-,5-,6-,7-,8-,9-,10-,11+,12+,13+,14+,17-,18-,19-/m1/s1. The molecular formula is C19H31NO23S2. The van der Waals surface area contributed by atoms with Crippen LogP contribution in [0.3, 0.4) is 0 Å². The van der Waals surface area contributed by atoms with Gasteiger partial charge in [0.2, 0.25) is 0 Å². The Hall–Kier alpha value is -1.80. The van der Waals surface area contributed by atoms with Crippen molar-refractivity contribution in [3.8, 4) is 0 Å². The molecule has 26 heteroatoms. The molecule has 262 valence electrons. The minimum atomic E-state index is -5.36. The molecule has 3 aliphatic rings. The lowest BCUT2D eigenvalue weighted by Crippen LogP contribution is -2.69. The number of aliphatic hydroxyl groups is 6. The Morgan fingerprint density at radius 1 is 0.711 bits per heavy atom. The summed E-state index contributed by atoms with van der Waals surface area (Å²) in [5.74, 6) is -3.64. The molecule has 0 radical (unpaired) electrons.